The molecule has 0 atom stereocenters. The quantitative estimate of drug-likeness (QED) is 0.621. The number of aromatic amines is 1. The van der Waals surface area contributed by atoms with Crippen molar-refractivity contribution in [2.45, 2.75) is 0 Å². The van der Waals surface area contributed by atoms with Crippen molar-refractivity contribution >= 4 is 27.9 Å². The highest BCUT2D eigenvalue weighted by molar-refractivity contribution is 7.89. The van der Waals surface area contributed by atoms with Crippen molar-refractivity contribution in [1.82, 2.24) is 9.97 Å². The van der Waals surface area contributed by atoms with Crippen molar-refractivity contribution in [3.63, 3.8) is 0 Å². The Kier molecular flexibility index (Phi) is 4.62. The molecule has 1 rings (SSSR count). The molecule has 0 saturated heterocycles. The third-order valence-corrected chi connectivity index (χ3v) is 2.45. The third-order valence-electron chi connectivity index (χ3n) is 1.59. The van der Waals surface area contributed by atoms with Crippen LogP contribution >= 0.6 is 0 Å². The van der Waals surface area contributed by atoms with E-state index in [0.717, 1.165) is 0 Å². The van der Waals surface area contributed by atoms with Crippen LogP contribution in [0.3, 0.4) is 0 Å². The number of hydrogen-bond acceptors (Lipinski definition) is 5. The molecule has 0 fully saturated rings. The number of nitrogens with zero attached hydrogens (tertiary/aromatic N) is 4. The number of H-pyrrole nitrogens is 1. The SMILES string of the molecule is [C-]#[N+]c1nc([N-]S(=O)(=O)OCCOC)[nH]c1[N+]#[C-]. The van der Waals surface area contributed by atoms with Gasteiger partial charge in [-0.05, 0) is 0 Å². The predicted molar refractivity (Wildman–Crippen MR) is 60.9 cm³/mol. The molecule has 0 amide bonds. The molecule has 0 aromatic carbocycles. The van der Waals surface area contributed by atoms with Crippen molar-refractivity contribution in [3.05, 3.63) is 27.6 Å². The first-order chi connectivity index (χ1) is 8.52. The van der Waals surface area contributed by atoms with E-state index in [4.69, 9.17) is 13.1 Å². The van der Waals surface area contributed by atoms with Gasteiger partial charge in [0, 0.05) is 7.11 Å². The monoisotopic (exact) mass is 270 g/mol. The normalized spacial score (nSPS) is 10.6. The second-order valence-electron chi connectivity index (χ2n) is 2.79. The van der Waals surface area contributed by atoms with Crippen molar-refractivity contribution in [3.8, 4) is 0 Å². The van der Waals surface area contributed by atoms with E-state index in [0.29, 0.717) is 0 Å². The topological polar surface area (TPSA) is 104 Å². The first-order valence-corrected chi connectivity index (χ1v) is 5.85. The van der Waals surface area contributed by atoms with Crippen LogP contribution in [0.2, 0.25) is 0 Å². The number of nitrogens with one attached hydrogen (secondary N) is 1. The fourth-order valence-electron chi connectivity index (χ4n) is 0.897. The molecule has 1 aromatic rings. The second-order valence-corrected chi connectivity index (χ2v) is 4.06. The Morgan fingerprint density at radius 1 is 1.39 bits per heavy atom. The second kappa shape index (κ2) is 5.97. The van der Waals surface area contributed by atoms with Crippen molar-refractivity contribution in [1.29, 1.82) is 0 Å². The van der Waals surface area contributed by atoms with Crippen LogP contribution in [0, 0.1) is 13.1 Å². The van der Waals surface area contributed by atoms with Gasteiger partial charge in [0.05, 0.1) is 13.2 Å². The summed E-state index contributed by atoms with van der Waals surface area (Å²) >= 11 is 0. The zero-order chi connectivity index (χ0) is 13.6. The summed E-state index contributed by atoms with van der Waals surface area (Å²) in [7, 11) is -2.79. The Labute approximate surface area is 104 Å². The summed E-state index contributed by atoms with van der Waals surface area (Å²) in [6.45, 7) is 13.4. The van der Waals surface area contributed by atoms with Crippen LogP contribution in [0.5, 0.6) is 0 Å². The summed E-state index contributed by atoms with van der Waals surface area (Å²) in [5.74, 6) is -0.781. The van der Waals surface area contributed by atoms with E-state index in [1.807, 2.05) is 0 Å². The molecule has 0 saturated carbocycles. The van der Waals surface area contributed by atoms with Crippen LogP contribution in [0.1, 0.15) is 0 Å². The molecule has 18 heavy (non-hydrogen) atoms. The van der Waals surface area contributed by atoms with Gasteiger partial charge in [-0.1, -0.05) is 13.1 Å². The van der Waals surface area contributed by atoms with Gasteiger partial charge in [-0.3, -0.25) is 4.18 Å². The summed E-state index contributed by atoms with van der Waals surface area (Å²) in [6.07, 6.45) is 0. The molecule has 0 aliphatic carbocycles. The van der Waals surface area contributed by atoms with Crippen LogP contribution in [0.25, 0.3) is 14.4 Å². The van der Waals surface area contributed by atoms with Crippen LogP contribution in [-0.2, 0) is 19.2 Å². The molecule has 0 spiro atoms. The Balaban J connectivity index is 2.76. The highest BCUT2D eigenvalue weighted by Gasteiger charge is 2.11. The van der Waals surface area contributed by atoms with Gasteiger partial charge in [0.2, 0.25) is 5.82 Å². The minimum Gasteiger partial charge on any atom is -0.413 e. The van der Waals surface area contributed by atoms with E-state index in [1.54, 1.807) is 0 Å². The number of imidazole rings is 1. The minimum atomic E-state index is -4.18. The van der Waals surface area contributed by atoms with Crippen molar-refractivity contribution < 1.29 is 17.3 Å². The molecular weight excluding hydrogens is 262 g/mol. The lowest BCUT2D eigenvalue weighted by Crippen LogP contribution is -2.08. The maximum atomic E-state index is 11.3. The predicted octanol–water partition coefficient (Wildman–Crippen LogP) is 1.42. The number of hydrogen-bond donors (Lipinski definition) is 1. The largest absolute Gasteiger partial charge is 0.413 e. The van der Waals surface area contributed by atoms with E-state index in [1.165, 1.54) is 7.11 Å². The summed E-state index contributed by atoms with van der Waals surface area (Å²) < 4.78 is 34.9. The highest BCUT2D eigenvalue weighted by Crippen LogP contribution is 2.31. The van der Waals surface area contributed by atoms with E-state index in [2.05, 4.69) is 33.3 Å². The number of aromatic nitrogens is 2. The lowest BCUT2D eigenvalue weighted by Gasteiger charge is -2.06. The molecule has 96 valence electrons. The van der Waals surface area contributed by atoms with Crippen LogP contribution in [0.4, 0.5) is 17.6 Å². The molecule has 0 aliphatic heterocycles. The fourth-order valence-corrected chi connectivity index (χ4v) is 1.53. The number of ether oxygens (including phenoxy) is 1. The Morgan fingerprint density at radius 2 is 2.11 bits per heavy atom. The molecule has 0 unspecified atom stereocenters. The first-order valence-electron chi connectivity index (χ1n) is 4.48. The molecule has 10 heteroatoms. The average molecular weight is 270 g/mol. The van der Waals surface area contributed by atoms with Gasteiger partial charge in [0.25, 0.3) is 0 Å². The van der Waals surface area contributed by atoms with Crippen LogP contribution in [-0.4, -0.2) is 38.7 Å². The number of rotatable bonds is 6. The standard InChI is InChI=1S/C8H8N5O4S/c1-9-6-7(10-2)12-8(11-6)13-18(14,15)17-5-4-16-3/h4-5H2,3H3,(H-,11,12,13)/q-1. The van der Waals surface area contributed by atoms with Gasteiger partial charge in [0.15, 0.2) is 5.95 Å². The Bertz CT molecular complexity index is 562. The summed E-state index contributed by atoms with van der Waals surface area (Å²) in [6, 6.07) is 0. The van der Waals surface area contributed by atoms with Gasteiger partial charge in [-0.15, -0.1) is 0 Å². The summed E-state index contributed by atoms with van der Waals surface area (Å²) in [5, 5.41) is 0. The molecule has 0 aliphatic rings. The molecule has 0 radical (unpaired) electrons. The van der Waals surface area contributed by atoms with E-state index >= 15 is 0 Å². The minimum absolute atomic E-state index is 0.0908. The van der Waals surface area contributed by atoms with Crippen LogP contribution in [0.15, 0.2) is 0 Å². The molecule has 1 aromatic heterocycles. The third kappa shape index (κ3) is 3.71. The van der Waals surface area contributed by atoms with Gasteiger partial charge < -0.3 is 24.4 Å². The van der Waals surface area contributed by atoms with Crippen LogP contribution < -0.4 is 0 Å². The molecular formula is C8H8N5O4S-. The average Bonchev–Trinajstić information content (AvgIpc) is 2.70. The van der Waals surface area contributed by atoms with E-state index < -0.39 is 10.3 Å². The Morgan fingerprint density at radius 3 is 2.61 bits per heavy atom. The van der Waals surface area contributed by atoms with Gasteiger partial charge >= 0.3 is 10.3 Å². The molecule has 9 nitrogen and oxygen atoms in total. The highest BCUT2D eigenvalue weighted by atomic mass is 32.2. The summed E-state index contributed by atoms with van der Waals surface area (Å²) in [4.78, 5) is 11.7. The molecule has 0 bridgehead atoms. The maximum absolute atomic E-state index is 11.3. The zero-order valence-electron chi connectivity index (χ0n) is 9.24. The van der Waals surface area contributed by atoms with Crippen molar-refractivity contribution in [2.24, 2.45) is 0 Å². The number of methoxy groups -OCH3 is 1. The smallest absolute Gasteiger partial charge is 0.327 e. The molecule has 1 N–H and O–H groups in total. The van der Waals surface area contributed by atoms with Gasteiger partial charge in [0.1, 0.15) is 5.82 Å². The van der Waals surface area contributed by atoms with Gasteiger partial charge in [-0.2, -0.15) is 8.42 Å². The zero-order valence-corrected chi connectivity index (χ0v) is 10.1. The summed E-state index contributed by atoms with van der Waals surface area (Å²) in [5.41, 5.74) is 0. The van der Waals surface area contributed by atoms with E-state index in [9.17, 15) is 8.42 Å². The maximum Gasteiger partial charge on any atom is 0.327 e. The lowest BCUT2D eigenvalue weighted by atomic mass is 10.7. The van der Waals surface area contributed by atoms with E-state index in [-0.39, 0.29) is 30.8 Å². The van der Waals surface area contributed by atoms with Crippen molar-refractivity contribution in [2.75, 3.05) is 20.3 Å². The van der Waals surface area contributed by atoms with Gasteiger partial charge in [-0.25, -0.2) is 4.72 Å². The molecule has 1 heterocycles. The lowest BCUT2D eigenvalue weighted by molar-refractivity contribution is 0.150. The fraction of sp³-hybridized carbons (Fsp3) is 0.375. The Hall–Kier alpha value is -2.14. The first kappa shape index (κ1) is 13.9.